The second-order valence-corrected chi connectivity index (χ2v) is 6.85. The molecule has 3 rings (SSSR count). The highest BCUT2D eigenvalue weighted by molar-refractivity contribution is 5.59. The van der Waals surface area contributed by atoms with Crippen molar-refractivity contribution in [3.63, 3.8) is 0 Å². The van der Waals surface area contributed by atoms with Gasteiger partial charge in [0.1, 0.15) is 6.54 Å². The zero-order valence-electron chi connectivity index (χ0n) is 16.6. The van der Waals surface area contributed by atoms with Crippen LogP contribution < -0.4 is 4.90 Å². The van der Waals surface area contributed by atoms with Crippen LogP contribution in [0.4, 0.5) is 45.2 Å². The van der Waals surface area contributed by atoms with Crippen molar-refractivity contribution < 1.29 is 43.9 Å². The average molecular weight is 494 g/mol. The summed E-state index contributed by atoms with van der Waals surface area (Å²) in [4.78, 5) is 0.420. The summed E-state index contributed by atoms with van der Waals surface area (Å²) in [6.07, 6.45) is -14.7. The fourth-order valence-electron chi connectivity index (χ4n) is 3.02. The molecule has 0 amide bonds. The van der Waals surface area contributed by atoms with E-state index in [1.165, 1.54) is 12.1 Å². The van der Waals surface area contributed by atoms with E-state index in [0.717, 1.165) is 24.3 Å². The van der Waals surface area contributed by atoms with Crippen molar-refractivity contribution in [2.75, 3.05) is 11.4 Å². The highest BCUT2D eigenvalue weighted by Crippen LogP contribution is 2.37. The molecule has 14 heteroatoms. The van der Waals surface area contributed by atoms with Crippen LogP contribution in [0.2, 0.25) is 0 Å². The van der Waals surface area contributed by atoms with E-state index < -0.39 is 71.3 Å². The Kier molecular flexibility index (Phi) is 6.50. The number of nitrogens with zero attached hydrogens (tertiary/aromatic N) is 4. The number of benzene rings is 2. The molecule has 0 atom stereocenters. The van der Waals surface area contributed by atoms with Crippen LogP contribution in [0.15, 0.2) is 46.9 Å². The summed E-state index contributed by atoms with van der Waals surface area (Å²) >= 11 is 0. The molecule has 34 heavy (non-hydrogen) atoms. The highest BCUT2D eigenvalue weighted by Gasteiger charge is 2.37. The molecule has 0 radical (unpaired) electrons. The van der Waals surface area contributed by atoms with Crippen molar-refractivity contribution in [3.8, 4) is 17.5 Å². The predicted octanol–water partition coefficient (Wildman–Crippen LogP) is 6.21. The Balaban J connectivity index is 1.99. The van der Waals surface area contributed by atoms with Crippen LogP contribution in [0.1, 0.15) is 22.6 Å². The van der Waals surface area contributed by atoms with Crippen LogP contribution in [0.3, 0.4) is 0 Å². The van der Waals surface area contributed by atoms with Gasteiger partial charge in [-0.1, -0.05) is 12.1 Å². The first-order valence-corrected chi connectivity index (χ1v) is 9.11. The summed E-state index contributed by atoms with van der Waals surface area (Å²) in [5.41, 5.74) is -4.47. The Morgan fingerprint density at radius 3 is 2.09 bits per heavy atom. The van der Waals surface area contributed by atoms with Gasteiger partial charge in [-0.3, -0.25) is 0 Å². The zero-order valence-corrected chi connectivity index (χ0v) is 16.6. The minimum atomic E-state index is -5.02. The van der Waals surface area contributed by atoms with Crippen LogP contribution >= 0.6 is 0 Å². The van der Waals surface area contributed by atoms with Crippen molar-refractivity contribution in [2.24, 2.45) is 0 Å². The summed E-state index contributed by atoms with van der Waals surface area (Å²) < 4.78 is 124. The monoisotopic (exact) mass is 494 g/mol. The van der Waals surface area contributed by atoms with Gasteiger partial charge in [-0.2, -0.15) is 44.8 Å². The maximum Gasteiger partial charge on any atom is 0.417 e. The third-order valence-corrected chi connectivity index (χ3v) is 4.42. The number of aromatic nitrogens is 2. The van der Waals surface area contributed by atoms with Gasteiger partial charge in [-0.15, -0.1) is 10.2 Å². The molecule has 0 aliphatic heterocycles. The molecule has 1 heterocycles. The molecule has 0 unspecified atom stereocenters. The molecule has 180 valence electrons. The molecule has 1 aromatic heterocycles. The Morgan fingerprint density at radius 2 is 1.50 bits per heavy atom. The van der Waals surface area contributed by atoms with Crippen LogP contribution in [0.5, 0.6) is 0 Å². The maximum absolute atomic E-state index is 13.2. The molecular formula is C20H11F9N4O. The van der Waals surface area contributed by atoms with E-state index in [2.05, 4.69) is 10.2 Å². The van der Waals surface area contributed by atoms with Crippen molar-refractivity contribution >= 4 is 5.69 Å². The summed E-state index contributed by atoms with van der Waals surface area (Å²) in [5, 5.41) is 15.8. The van der Waals surface area contributed by atoms with E-state index >= 15 is 0 Å². The highest BCUT2D eigenvalue weighted by atomic mass is 19.4. The quantitative estimate of drug-likeness (QED) is 0.395. The average Bonchev–Trinajstić information content (AvgIpc) is 3.19. The lowest BCUT2D eigenvalue weighted by Gasteiger charge is -2.25. The van der Waals surface area contributed by atoms with Crippen LogP contribution in [0.25, 0.3) is 11.5 Å². The minimum Gasteiger partial charge on any atom is -0.419 e. The van der Waals surface area contributed by atoms with Crippen molar-refractivity contribution in [3.05, 3.63) is 65.0 Å². The normalized spacial score (nSPS) is 12.5. The lowest BCUT2D eigenvalue weighted by atomic mass is 10.1. The molecule has 5 nitrogen and oxygen atoms in total. The second kappa shape index (κ2) is 8.88. The molecule has 2 aromatic carbocycles. The van der Waals surface area contributed by atoms with Gasteiger partial charge in [-0.05, 0) is 30.3 Å². The molecule has 0 N–H and O–H groups in total. The Morgan fingerprint density at radius 1 is 0.853 bits per heavy atom. The summed E-state index contributed by atoms with van der Waals surface area (Å²) in [6, 6.07) is 7.37. The van der Waals surface area contributed by atoms with Crippen molar-refractivity contribution in [2.45, 2.75) is 25.1 Å². The van der Waals surface area contributed by atoms with Crippen molar-refractivity contribution in [1.82, 2.24) is 10.2 Å². The number of hydrogen-bond donors (Lipinski definition) is 0. The Bertz CT molecular complexity index is 1210. The standard InChI is InChI=1S/C20H11F9N4O/c21-18(22,23)10-33(12-6-5-11(8-30)15(7-12)20(27,28)29)9-16-31-32-17(34-16)13-3-1-2-4-14(13)19(24,25)26/h1-7H,9-10H2. The number of anilines is 1. The van der Waals surface area contributed by atoms with Gasteiger partial charge in [0, 0.05) is 5.69 Å². The fraction of sp³-hybridized carbons (Fsp3) is 0.250. The van der Waals surface area contributed by atoms with Gasteiger partial charge in [0.2, 0.25) is 11.8 Å². The first kappa shape index (κ1) is 24.9. The third kappa shape index (κ3) is 5.77. The Labute approximate surface area is 185 Å². The van der Waals surface area contributed by atoms with Crippen LogP contribution in [0, 0.1) is 11.3 Å². The number of nitriles is 1. The molecule has 0 bridgehead atoms. The molecule has 0 saturated carbocycles. The largest absolute Gasteiger partial charge is 0.419 e. The number of halogens is 9. The van der Waals surface area contributed by atoms with Gasteiger partial charge >= 0.3 is 18.5 Å². The lowest BCUT2D eigenvalue weighted by molar-refractivity contribution is -0.138. The van der Waals surface area contributed by atoms with Crippen LogP contribution in [-0.2, 0) is 18.9 Å². The SMILES string of the molecule is N#Cc1ccc(N(Cc2nnc(-c3ccccc3C(F)(F)F)o2)CC(F)(F)F)cc1C(F)(F)F. The summed E-state index contributed by atoms with van der Waals surface area (Å²) in [6.45, 7) is -2.61. The summed E-state index contributed by atoms with van der Waals surface area (Å²) in [7, 11) is 0. The third-order valence-electron chi connectivity index (χ3n) is 4.42. The molecule has 0 aliphatic carbocycles. The van der Waals surface area contributed by atoms with Gasteiger partial charge in [0.25, 0.3) is 0 Å². The molecule has 0 saturated heterocycles. The fourth-order valence-corrected chi connectivity index (χ4v) is 3.02. The van der Waals surface area contributed by atoms with E-state index in [1.807, 2.05) is 0 Å². The molecular weight excluding hydrogens is 483 g/mol. The lowest BCUT2D eigenvalue weighted by Crippen LogP contribution is -2.34. The summed E-state index contributed by atoms with van der Waals surface area (Å²) in [5.74, 6) is -1.21. The van der Waals surface area contributed by atoms with Gasteiger partial charge < -0.3 is 9.32 Å². The van der Waals surface area contributed by atoms with E-state index in [9.17, 15) is 39.5 Å². The number of hydrogen-bond acceptors (Lipinski definition) is 5. The number of alkyl halides is 9. The first-order chi connectivity index (χ1) is 15.7. The molecule has 3 aromatic rings. The van der Waals surface area contributed by atoms with E-state index in [0.29, 0.717) is 17.0 Å². The van der Waals surface area contributed by atoms with Gasteiger partial charge in [0.15, 0.2) is 0 Å². The molecule has 0 spiro atoms. The smallest absolute Gasteiger partial charge is 0.417 e. The first-order valence-electron chi connectivity index (χ1n) is 9.11. The van der Waals surface area contributed by atoms with Crippen LogP contribution in [-0.4, -0.2) is 22.9 Å². The maximum atomic E-state index is 13.2. The zero-order chi connectivity index (χ0) is 25.3. The minimum absolute atomic E-state index is 0.362. The Hall–Kier alpha value is -3.76. The van der Waals surface area contributed by atoms with Gasteiger partial charge in [0.05, 0.1) is 34.9 Å². The topological polar surface area (TPSA) is 66.0 Å². The number of rotatable bonds is 5. The van der Waals surface area contributed by atoms with E-state index in [1.54, 1.807) is 0 Å². The van der Waals surface area contributed by atoms with E-state index in [-0.39, 0.29) is 0 Å². The predicted molar refractivity (Wildman–Crippen MR) is 98.0 cm³/mol. The van der Waals surface area contributed by atoms with E-state index in [4.69, 9.17) is 9.68 Å². The second-order valence-electron chi connectivity index (χ2n) is 6.85. The van der Waals surface area contributed by atoms with Crippen molar-refractivity contribution in [1.29, 1.82) is 5.26 Å². The van der Waals surface area contributed by atoms with Gasteiger partial charge in [-0.25, -0.2) is 0 Å². The molecule has 0 fully saturated rings. The molecule has 0 aliphatic rings.